The molecule has 2 aliphatic rings. The third kappa shape index (κ3) is 1.82. The number of alkyl halides is 3. The van der Waals surface area contributed by atoms with Crippen LogP contribution >= 0.6 is 15.9 Å². The van der Waals surface area contributed by atoms with Crippen molar-refractivity contribution in [2.45, 2.75) is 18.6 Å². The van der Waals surface area contributed by atoms with E-state index in [2.05, 4.69) is 31.7 Å². The SMILES string of the molecule is FC(F)(F)c1nn2c(c1Br)NCC1CNCCC12. The van der Waals surface area contributed by atoms with Gasteiger partial charge in [0.15, 0.2) is 5.69 Å². The fourth-order valence-electron chi connectivity index (χ4n) is 2.66. The van der Waals surface area contributed by atoms with E-state index in [1.807, 2.05) is 0 Å². The van der Waals surface area contributed by atoms with Gasteiger partial charge in [-0.05, 0) is 28.9 Å². The first kappa shape index (κ1) is 12.3. The van der Waals surface area contributed by atoms with Crippen LogP contribution in [0.25, 0.3) is 0 Å². The lowest BCUT2D eigenvalue weighted by atomic mass is 9.92. The molecule has 0 spiro atoms. The number of piperidine rings is 1. The van der Waals surface area contributed by atoms with Crippen LogP contribution in [-0.4, -0.2) is 29.4 Å². The van der Waals surface area contributed by atoms with E-state index in [1.165, 1.54) is 4.68 Å². The minimum absolute atomic E-state index is 0.0204. The Balaban J connectivity index is 2.04. The summed E-state index contributed by atoms with van der Waals surface area (Å²) in [4.78, 5) is 0. The molecule has 4 nitrogen and oxygen atoms in total. The maximum absolute atomic E-state index is 12.8. The van der Waals surface area contributed by atoms with Gasteiger partial charge in [-0.1, -0.05) is 0 Å². The molecule has 100 valence electrons. The molecule has 0 radical (unpaired) electrons. The smallest absolute Gasteiger partial charge is 0.369 e. The van der Waals surface area contributed by atoms with E-state index in [4.69, 9.17) is 0 Å². The monoisotopic (exact) mass is 324 g/mol. The molecule has 0 aromatic carbocycles. The van der Waals surface area contributed by atoms with E-state index in [-0.39, 0.29) is 10.5 Å². The second-order valence-corrected chi connectivity index (χ2v) is 5.45. The Morgan fingerprint density at radius 2 is 2.11 bits per heavy atom. The van der Waals surface area contributed by atoms with Crippen LogP contribution in [-0.2, 0) is 6.18 Å². The van der Waals surface area contributed by atoms with Crippen molar-refractivity contribution >= 4 is 21.7 Å². The van der Waals surface area contributed by atoms with Crippen molar-refractivity contribution in [1.29, 1.82) is 0 Å². The zero-order chi connectivity index (χ0) is 12.9. The highest BCUT2D eigenvalue weighted by atomic mass is 79.9. The van der Waals surface area contributed by atoms with Crippen LogP contribution in [0.3, 0.4) is 0 Å². The van der Waals surface area contributed by atoms with Gasteiger partial charge in [-0.15, -0.1) is 0 Å². The molecule has 1 aromatic heterocycles. The molecule has 1 saturated heterocycles. The topological polar surface area (TPSA) is 41.9 Å². The first-order chi connectivity index (χ1) is 8.48. The quantitative estimate of drug-likeness (QED) is 0.769. The van der Waals surface area contributed by atoms with Gasteiger partial charge in [0.25, 0.3) is 0 Å². The number of nitrogens with zero attached hydrogens (tertiary/aromatic N) is 2. The fourth-order valence-corrected chi connectivity index (χ4v) is 3.29. The molecule has 0 saturated carbocycles. The third-order valence-electron chi connectivity index (χ3n) is 3.53. The molecule has 1 aromatic rings. The number of anilines is 1. The molecule has 2 unspecified atom stereocenters. The van der Waals surface area contributed by atoms with Crippen molar-refractivity contribution in [3.8, 4) is 0 Å². The largest absolute Gasteiger partial charge is 0.436 e. The van der Waals surface area contributed by atoms with Crippen LogP contribution in [0.1, 0.15) is 18.2 Å². The summed E-state index contributed by atoms with van der Waals surface area (Å²) in [7, 11) is 0. The lowest BCUT2D eigenvalue weighted by Crippen LogP contribution is -2.44. The predicted octanol–water partition coefficient (Wildman–Crippen LogP) is 2.24. The average molecular weight is 325 g/mol. The number of hydrogen-bond acceptors (Lipinski definition) is 3. The maximum Gasteiger partial charge on any atom is 0.436 e. The van der Waals surface area contributed by atoms with Crippen LogP contribution in [0.2, 0.25) is 0 Å². The molecule has 3 heterocycles. The highest BCUT2D eigenvalue weighted by Crippen LogP contribution is 2.42. The van der Waals surface area contributed by atoms with Gasteiger partial charge in [0, 0.05) is 19.0 Å². The number of aromatic nitrogens is 2. The Morgan fingerprint density at radius 3 is 2.83 bits per heavy atom. The van der Waals surface area contributed by atoms with Crippen molar-refractivity contribution in [3.05, 3.63) is 10.2 Å². The van der Waals surface area contributed by atoms with E-state index in [1.54, 1.807) is 0 Å². The van der Waals surface area contributed by atoms with Crippen molar-refractivity contribution in [2.24, 2.45) is 5.92 Å². The Morgan fingerprint density at radius 1 is 1.33 bits per heavy atom. The molecule has 0 amide bonds. The van der Waals surface area contributed by atoms with Gasteiger partial charge < -0.3 is 10.6 Å². The van der Waals surface area contributed by atoms with Crippen LogP contribution in [0.5, 0.6) is 0 Å². The van der Waals surface area contributed by atoms with Gasteiger partial charge in [0.2, 0.25) is 0 Å². The lowest BCUT2D eigenvalue weighted by Gasteiger charge is -2.37. The molecule has 0 aliphatic carbocycles. The molecule has 3 rings (SSSR count). The first-order valence-electron chi connectivity index (χ1n) is 5.78. The minimum atomic E-state index is -4.42. The second kappa shape index (κ2) is 4.12. The summed E-state index contributed by atoms with van der Waals surface area (Å²) in [6.45, 7) is 2.31. The average Bonchev–Trinajstić information content (AvgIpc) is 2.67. The molecule has 2 N–H and O–H groups in total. The molecule has 0 bridgehead atoms. The van der Waals surface area contributed by atoms with Crippen molar-refractivity contribution < 1.29 is 13.2 Å². The third-order valence-corrected chi connectivity index (χ3v) is 4.29. The van der Waals surface area contributed by atoms with Crippen molar-refractivity contribution in [2.75, 3.05) is 25.0 Å². The number of rotatable bonds is 0. The van der Waals surface area contributed by atoms with Crippen LogP contribution in [0.15, 0.2) is 4.47 Å². The summed E-state index contributed by atoms with van der Waals surface area (Å²) >= 11 is 3.01. The van der Waals surface area contributed by atoms with Gasteiger partial charge in [-0.25, -0.2) is 4.68 Å². The zero-order valence-corrected chi connectivity index (χ0v) is 11.0. The highest BCUT2D eigenvalue weighted by Gasteiger charge is 2.42. The van der Waals surface area contributed by atoms with Gasteiger partial charge in [-0.3, -0.25) is 0 Å². The Hall–Kier alpha value is -0.760. The van der Waals surface area contributed by atoms with Crippen molar-refractivity contribution in [3.63, 3.8) is 0 Å². The van der Waals surface area contributed by atoms with E-state index < -0.39 is 11.9 Å². The van der Waals surface area contributed by atoms with Crippen LogP contribution in [0, 0.1) is 5.92 Å². The Labute approximate surface area is 110 Å². The minimum Gasteiger partial charge on any atom is -0.369 e. The fraction of sp³-hybridized carbons (Fsp3) is 0.700. The summed E-state index contributed by atoms with van der Waals surface area (Å²) in [5, 5.41) is 10.0. The van der Waals surface area contributed by atoms with Crippen molar-refractivity contribution in [1.82, 2.24) is 15.1 Å². The molecule has 1 fully saturated rings. The summed E-state index contributed by atoms with van der Waals surface area (Å²) in [5.74, 6) is 0.740. The highest BCUT2D eigenvalue weighted by molar-refractivity contribution is 9.10. The van der Waals surface area contributed by atoms with Gasteiger partial charge in [0.05, 0.1) is 10.5 Å². The number of hydrogen-bond donors (Lipinski definition) is 2. The van der Waals surface area contributed by atoms with Crippen LogP contribution < -0.4 is 10.6 Å². The maximum atomic E-state index is 12.8. The molecule has 2 aliphatic heterocycles. The van der Waals surface area contributed by atoms with Crippen LogP contribution in [0.4, 0.5) is 19.0 Å². The lowest BCUT2D eigenvalue weighted by molar-refractivity contribution is -0.142. The molecule has 8 heteroatoms. The van der Waals surface area contributed by atoms with E-state index in [0.29, 0.717) is 18.3 Å². The Bertz CT molecular complexity index is 470. The van der Waals surface area contributed by atoms with E-state index in [9.17, 15) is 13.2 Å². The summed E-state index contributed by atoms with van der Waals surface area (Å²) in [6.07, 6.45) is -3.61. The summed E-state index contributed by atoms with van der Waals surface area (Å²) < 4.78 is 40.0. The van der Waals surface area contributed by atoms with Gasteiger partial charge in [-0.2, -0.15) is 18.3 Å². The van der Waals surface area contributed by atoms with Gasteiger partial charge >= 0.3 is 6.18 Å². The zero-order valence-electron chi connectivity index (χ0n) is 9.39. The first-order valence-corrected chi connectivity index (χ1v) is 6.57. The molecular weight excluding hydrogens is 313 g/mol. The normalized spacial score (nSPS) is 27.3. The standard InChI is InChI=1S/C10H12BrF3N4/c11-7-8(10(12,13)14)17-18-6-1-2-15-3-5(6)4-16-9(7)18/h5-6,15-16H,1-4H2. The van der Waals surface area contributed by atoms with E-state index in [0.717, 1.165) is 19.5 Å². The summed E-state index contributed by atoms with van der Waals surface area (Å²) in [5.41, 5.74) is -0.843. The molecular formula is C10H12BrF3N4. The number of halogens is 4. The number of fused-ring (bicyclic) bond motifs is 3. The number of nitrogens with one attached hydrogen (secondary N) is 2. The molecule has 2 atom stereocenters. The second-order valence-electron chi connectivity index (χ2n) is 4.65. The van der Waals surface area contributed by atoms with Gasteiger partial charge in [0.1, 0.15) is 5.82 Å². The van der Waals surface area contributed by atoms with E-state index >= 15 is 0 Å². The Kier molecular flexibility index (Phi) is 2.81. The summed E-state index contributed by atoms with van der Waals surface area (Å²) in [6, 6.07) is 0.0508. The molecule has 18 heavy (non-hydrogen) atoms. The predicted molar refractivity (Wildman–Crippen MR) is 63.4 cm³/mol.